The predicted octanol–water partition coefficient (Wildman–Crippen LogP) is 0.973. The first-order valence-electron chi connectivity index (χ1n) is 6.37. The van der Waals surface area contributed by atoms with Gasteiger partial charge in [0.15, 0.2) is 0 Å². The number of aryl methyl sites for hydroxylation is 1. The van der Waals surface area contributed by atoms with Crippen molar-refractivity contribution in [2.45, 2.75) is 24.8 Å². The smallest absolute Gasteiger partial charge is 0.244 e. The van der Waals surface area contributed by atoms with Crippen LogP contribution in [0.25, 0.3) is 0 Å². The van der Waals surface area contributed by atoms with E-state index in [1.54, 1.807) is 19.1 Å². The fourth-order valence-corrected chi connectivity index (χ4v) is 3.13. The van der Waals surface area contributed by atoms with Crippen LogP contribution < -0.4 is 14.8 Å². The second-order valence-corrected chi connectivity index (χ2v) is 6.21. The van der Waals surface area contributed by atoms with Crippen LogP contribution in [0, 0.1) is 6.92 Å². The van der Waals surface area contributed by atoms with E-state index >= 15 is 0 Å². The minimum atomic E-state index is -3.86. The van der Waals surface area contributed by atoms with Gasteiger partial charge in [-0.2, -0.15) is 4.72 Å². The molecule has 116 valence electrons. The molecule has 0 aliphatic rings. The van der Waals surface area contributed by atoms with Gasteiger partial charge in [0.25, 0.3) is 0 Å². The molecule has 0 aliphatic carbocycles. The number of amides is 1. The van der Waals surface area contributed by atoms with Crippen LogP contribution >= 0.6 is 0 Å². The molecule has 0 radical (unpaired) electrons. The fraction of sp³-hybridized carbons (Fsp3) is 0.357. The molecule has 0 fully saturated rings. The number of ether oxygens (including phenoxy) is 1. The highest BCUT2D eigenvalue weighted by Crippen LogP contribution is 2.24. The van der Waals surface area contributed by atoms with Gasteiger partial charge in [0, 0.05) is 6.54 Å². The molecular formula is C14H20N2O4S. The van der Waals surface area contributed by atoms with Crippen molar-refractivity contribution in [3.05, 3.63) is 36.4 Å². The van der Waals surface area contributed by atoms with Gasteiger partial charge in [-0.1, -0.05) is 12.1 Å². The third-order valence-electron chi connectivity index (χ3n) is 2.75. The Kier molecular flexibility index (Phi) is 5.92. The van der Waals surface area contributed by atoms with E-state index in [1.165, 1.54) is 26.2 Å². The van der Waals surface area contributed by atoms with Crippen molar-refractivity contribution in [3.8, 4) is 5.75 Å². The standard InChI is InChI=1S/C14H20N2O4S/c1-5-8-15-14(17)11(3)16-21(18,19)13-9-10(2)6-7-12(13)20-4/h5-7,9,11,16H,1,8H2,2-4H3,(H,15,17)/t11-/m0/s1. The van der Waals surface area contributed by atoms with Crippen LogP contribution in [-0.2, 0) is 14.8 Å². The van der Waals surface area contributed by atoms with E-state index in [-0.39, 0.29) is 17.2 Å². The van der Waals surface area contributed by atoms with E-state index in [0.717, 1.165) is 5.56 Å². The lowest BCUT2D eigenvalue weighted by Crippen LogP contribution is -2.44. The summed E-state index contributed by atoms with van der Waals surface area (Å²) < 4.78 is 32.1. The number of sulfonamides is 1. The molecule has 0 aromatic heterocycles. The first-order valence-corrected chi connectivity index (χ1v) is 7.85. The molecule has 0 saturated heterocycles. The molecule has 1 atom stereocenters. The Balaban J connectivity index is 2.99. The van der Waals surface area contributed by atoms with Gasteiger partial charge in [0.05, 0.1) is 13.2 Å². The second-order valence-electron chi connectivity index (χ2n) is 4.53. The van der Waals surface area contributed by atoms with Gasteiger partial charge in [-0.15, -0.1) is 6.58 Å². The quantitative estimate of drug-likeness (QED) is 0.735. The number of nitrogens with one attached hydrogen (secondary N) is 2. The van der Waals surface area contributed by atoms with Gasteiger partial charge in [-0.25, -0.2) is 8.42 Å². The highest BCUT2D eigenvalue weighted by molar-refractivity contribution is 7.89. The number of carbonyl (C=O) groups excluding carboxylic acids is 1. The number of hydrogen-bond acceptors (Lipinski definition) is 4. The average molecular weight is 312 g/mol. The Morgan fingerprint density at radius 1 is 1.48 bits per heavy atom. The Hall–Kier alpha value is -1.86. The summed E-state index contributed by atoms with van der Waals surface area (Å²) in [4.78, 5) is 11.7. The van der Waals surface area contributed by atoms with Crippen LogP contribution in [0.2, 0.25) is 0 Å². The van der Waals surface area contributed by atoms with Crippen molar-refractivity contribution in [2.24, 2.45) is 0 Å². The highest BCUT2D eigenvalue weighted by Gasteiger charge is 2.24. The molecule has 0 bridgehead atoms. The van der Waals surface area contributed by atoms with E-state index in [1.807, 2.05) is 0 Å². The van der Waals surface area contributed by atoms with E-state index in [0.29, 0.717) is 0 Å². The average Bonchev–Trinajstić information content (AvgIpc) is 2.44. The van der Waals surface area contributed by atoms with Gasteiger partial charge in [0.2, 0.25) is 15.9 Å². The number of methoxy groups -OCH3 is 1. The van der Waals surface area contributed by atoms with Crippen molar-refractivity contribution in [3.63, 3.8) is 0 Å². The summed E-state index contributed by atoms with van der Waals surface area (Å²) in [5.74, 6) is -0.197. The van der Waals surface area contributed by atoms with Crippen molar-refractivity contribution in [2.75, 3.05) is 13.7 Å². The third-order valence-corrected chi connectivity index (χ3v) is 4.32. The minimum absolute atomic E-state index is 0.00775. The maximum absolute atomic E-state index is 12.4. The maximum Gasteiger partial charge on any atom is 0.244 e. The maximum atomic E-state index is 12.4. The zero-order valence-electron chi connectivity index (χ0n) is 12.3. The largest absolute Gasteiger partial charge is 0.495 e. The zero-order valence-corrected chi connectivity index (χ0v) is 13.2. The summed E-state index contributed by atoms with van der Waals surface area (Å²) in [7, 11) is -2.46. The Bertz CT molecular complexity index is 626. The number of hydrogen-bond donors (Lipinski definition) is 2. The summed E-state index contributed by atoms with van der Waals surface area (Å²) >= 11 is 0. The van der Waals surface area contributed by atoms with Crippen LogP contribution in [-0.4, -0.2) is 34.0 Å². The van der Waals surface area contributed by atoms with E-state index < -0.39 is 22.0 Å². The Morgan fingerprint density at radius 3 is 2.71 bits per heavy atom. The molecule has 0 spiro atoms. The molecule has 0 heterocycles. The zero-order chi connectivity index (χ0) is 16.0. The molecule has 6 nitrogen and oxygen atoms in total. The summed E-state index contributed by atoms with van der Waals surface area (Å²) in [6, 6.07) is 3.92. The van der Waals surface area contributed by atoms with Crippen molar-refractivity contribution in [1.29, 1.82) is 0 Å². The number of rotatable bonds is 7. The first-order chi connectivity index (χ1) is 9.81. The Morgan fingerprint density at radius 2 is 2.14 bits per heavy atom. The minimum Gasteiger partial charge on any atom is -0.495 e. The molecule has 1 aromatic rings. The number of benzene rings is 1. The van der Waals surface area contributed by atoms with E-state index in [4.69, 9.17) is 4.74 Å². The lowest BCUT2D eigenvalue weighted by Gasteiger charge is -2.15. The molecule has 1 rings (SSSR count). The molecular weight excluding hydrogens is 292 g/mol. The fourth-order valence-electron chi connectivity index (χ4n) is 1.67. The normalized spacial score (nSPS) is 12.5. The van der Waals surface area contributed by atoms with Crippen LogP contribution in [0.3, 0.4) is 0 Å². The van der Waals surface area contributed by atoms with Crippen LogP contribution in [0.5, 0.6) is 5.75 Å². The van der Waals surface area contributed by atoms with Crippen LogP contribution in [0.15, 0.2) is 35.7 Å². The van der Waals surface area contributed by atoms with Crippen molar-refractivity contribution in [1.82, 2.24) is 10.0 Å². The van der Waals surface area contributed by atoms with Crippen LogP contribution in [0.4, 0.5) is 0 Å². The molecule has 0 aliphatic heterocycles. The van der Waals surface area contributed by atoms with E-state index in [9.17, 15) is 13.2 Å². The van der Waals surface area contributed by atoms with Crippen molar-refractivity contribution < 1.29 is 17.9 Å². The monoisotopic (exact) mass is 312 g/mol. The topological polar surface area (TPSA) is 84.5 Å². The molecule has 0 unspecified atom stereocenters. The highest BCUT2D eigenvalue weighted by atomic mass is 32.2. The summed E-state index contributed by atoms with van der Waals surface area (Å²) in [5.41, 5.74) is 0.778. The molecule has 1 aromatic carbocycles. The van der Waals surface area contributed by atoms with Crippen LogP contribution in [0.1, 0.15) is 12.5 Å². The lowest BCUT2D eigenvalue weighted by molar-refractivity contribution is -0.122. The third kappa shape index (κ3) is 4.57. The lowest BCUT2D eigenvalue weighted by atomic mass is 10.2. The summed E-state index contributed by atoms with van der Waals surface area (Å²) in [5, 5.41) is 2.53. The van der Waals surface area contributed by atoms with Gasteiger partial charge >= 0.3 is 0 Å². The molecule has 1 amide bonds. The number of carbonyl (C=O) groups is 1. The predicted molar refractivity (Wildman–Crippen MR) is 80.7 cm³/mol. The van der Waals surface area contributed by atoms with Gasteiger partial charge < -0.3 is 10.1 Å². The van der Waals surface area contributed by atoms with Gasteiger partial charge in [-0.05, 0) is 31.5 Å². The summed E-state index contributed by atoms with van der Waals surface area (Å²) in [6.07, 6.45) is 1.52. The summed E-state index contributed by atoms with van der Waals surface area (Å²) in [6.45, 7) is 7.00. The van der Waals surface area contributed by atoms with Gasteiger partial charge in [0.1, 0.15) is 10.6 Å². The first kappa shape index (κ1) is 17.2. The molecule has 21 heavy (non-hydrogen) atoms. The molecule has 0 saturated carbocycles. The van der Waals surface area contributed by atoms with E-state index in [2.05, 4.69) is 16.6 Å². The Labute approximate surface area is 125 Å². The molecule has 2 N–H and O–H groups in total. The second kappa shape index (κ2) is 7.24. The van der Waals surface area contributed by atoms with Crippen molar-refractivity contribution >= 4 is 15.9 Å². The molecule has 7 heteroatoms. The SMILES string of the molecule is C=CCNC(=O)[C@H](C)NS(=O)(=O)c1cc(C)ccc1OC. The van der Waals surface area contributed by atoms with Gasteiger partial charge in [-0.3, -0.25) is 4.79 Å².